The molecular formula is C13H24N2O4. The van der Waals surface area contributed by atoms with Crippen LogP contribution in [0.1, 0.15) is 34.1 Å². The Bertz CT molecular complexity index is 344. The van der Waals surface area contributed by atoms with E-state index in [1.165, 1.54) is 4.90 Å². The summed E-state index contributed by atoms with van der Waals surface area (Å²) in [7, 11) is 0. The first-order chi connectivity index (χ1) is 8.80. The predicted molar refractivity (Wildman–Crippen MR) is 71.1 cm³/mol. The van der Waals surface area contributed by atoms with Gasteiger partial charge in [-0.25, -0.2) is 9.59 Å². The van der Waals surface area contributed by atoms with E-state index in [1.54, 1.807) is 25.7 Å². The second-order valence-corrected chi connectivity index (χ2v) is 5.37. The fourth-order valence-corrected chi connectivity index (χ4v) is 2.22. The zero-order chi connectivity index (χ0) is 14.6. The van der Waals surface area contributed by atoms with Gasteiger partial charge in [0.25, 0.3) is 0 Å². The summed E-state index contributed by atoms with van der Waals surface area (Å²) in [5.74, 6) is -0.998. The molecule has 0 bridgehead atoms. The zero-order valence-corrected chi connectivity index (χ0v) is 12.2. The van der Waals surface area contributed by atoms with Crippen LogP contribution in [-0.4, -0.2) is 64.8 Å². The molecule has 19 heavy (non-hydrogen) atoms. The van der Waals surface area contributed by atoms with Crippen molar-refractivity contribution in [3.05, 3.63) is 0 Å². The number of rotatable bonds is 3. The molecule has 0 spiro atoms. The van der Waals surface area contributed by atoms with Gasteiger partial charge < -0.3 is 19.6 Å². The number of carbonyl (C=O) groups is 2. The molecule has 1 aliphatic rings. The van der Waals surface area contributed by atoms with Crippen LogP contribution in [0.5, 0.6) is 0 Å². The van der Waals surface area contributed by atoms with Crippen molar-refractivity contribution in [3.63, 3.8) is 0 Å². The van der Waals surface area contributed by atoms with Crippen molar-refractivity contribution < 1.29 is 19.4 Å². The minimum atomic E-state index is -1.21. The van der Waals surface area contributed by atoms with Crippen molar-refractivity contribution in [2.75, 3.05) is 26.2 Å². The van der Waals surface area contributed by atoms with Gasteiger partial charge in [-0.05, 0) is 34.1 Å². The minimum absolute atomic E-state index is 0.0157. The number of urea groups is 1. The lowest BCUT2D eigenvalue weighted by Crippen LogP contribution is -2.57. The molecule has 1 fully saturated rings. The smallest absolute Gasteiger partial charge is 0.329 e. The molecule has 0 radical (unpaired) electrons. The summed E-state index contributed by atoms with van der Waals surface area (Å²) in [6.07, 6.45) is 0.763. The second-order valence-electron chi connectivity index (χ2n) is 5.37. The van der Waals surface area contributed by atoms with Crippen LogP contribution in [0.2, 0.25) is 0 Å². The fraction of sp³-hybridized carbons (Fsp3) is 0.846. The Balaban J connectivity index is 2.86. The van der Waals surface area contributed by atoms with E-state index in [-0.39, 0.29) is 12.1 Å². The largest absolute Gasteiger partial charge is 0.480 e. The number of hydrogen-bond acceptors (Lipinski definition) is 3. The maximum atomic E-state index is 12.5. The van der Waals surface area contributed by atoms with E-state index in [4.69, 9.17) is 4.74 Å². The highest BCUT2D eigenvalue weighted by molar-refractivity contribution is 5.85. The van der Waals surface area contributed by atoms with Gasteiger partial charge in [-0.1, -0.05) is 0 Å². The molecule has 1 atom stereocenters. The number of nitrogens with zero attached hydrogens (tertiary/aromatic N) is 2. The average Bonchev–Trinajstić information content (AvgIpc) is 2.54. The van der Waals surface area contributed by atoms with Crippen LogP contribution in [0, 0.1) is 0 Å². The van der Waals surface area contributed by atoms with Crippen LogP contribution in [0.25, 0.3) is 0 Å². The third-order valence-electron chi connectivity index (χ3n) is 3.47. The predicted octanol–water partition coefficient (Wildman–Crippen LogP) is 1.40. The highest BCUT2D eigenvalue weighted by atomic mass is 16.5. The molecule has 1 rings (SSSR count). The minimum Gasteiger partial charge on any atom is -0.480 e. The Hall–Kier alpha value is -1.30. The lowest BCUT2D eigenvalue weighted by atomic mass is 10.0. The van der Waals surface area contributed by atoms with E-state index in [2.05, 4.69) is 0 Å². The number of ether oxygens (including phenoxy) is 1. The van der Waals surface area contributed by atoms with Crippen molar-refractivity contribution in [1.29, 1.82) is 0 Å². The van der Waals surface area contributed by atoms with Crippen LogP contribution < -0.4 is 0 Å². The molecule has 1 aliphatic heterocycles. The molecule has 1 N–H and O–H groups in total. The molecule has 1 saturated heterocycles. The fourth-order valence-electron chi connectivity index (χ4n) is 2.22. The standard InChI is InChI=1S/C13H24N2O4/c1-5-15(13(3,4)11(16)17)12(18)14-7-6-8-19-10(2)9-14/h10H,5-9H2,1-4H3,(H,16,17). The third-order valence-corrected chi connectivity index (χ3v) is 3.47. The molecule has 0 aromatic carbocycles. The lowest BCUT2D eigenvalue weighted by molar-refractivity contribution is -0.147. The molecule has 0 aliphatic carbocycles. The van der Waals surface area contributed by atoms with Gasteiger partial charge in [0, 0.05) is 26.2 Å². The molecular weight excluding hydrogens is 248 g/mol. The van der Waals surface area contributed by atoms with E-state index < -0.39 is 11.5 Å². The number of carboxylic acid groups (broad SMARTS) is 1. The molecule has 0 aromatic heterocycles. The van der Waals surface area contributed by atoms with E-state index >= 15 is 0 Å². The van der Waals surface area contributed by atoms with Gasteiger partial charge in [-0.2, -0.15) is 0 Å². The molecule has 6 nitrogen and oxygen atoms in total. The Morgan fingerprint density at radius 3 is 2.63 bits per heavy atom. The summed E-state index contributed by atoms with van der Waals surface area (Å²) in [5.41, 5.74) is -1.21. The molecule has 110 valence electrons. The van der Waals surface area contributed by atoms with Crippen molar-refractivity contribution in [1.82, 2.24) is 9.80 Å². The van der Waals surface area contributed by atoms with Crippen molar-refractivity contribution in [2.24, 2.45) is 0 Å². The number of carboxylic acids is 1. The van der Waals surface area contributed by atoms with Gasteiger partial charge in [0.15, 0.2) is 0 Å². The van der Waals surface area contributed by atoms with E-state index in [0.29, 0.717) is 26.2 Å². The highest BCUT2D eigenvalue weighted by Gasteiger charge is 2.39. The normalized spacial score (nSPS) is 20.8. The number of likely N-dealkylation sites (N-methyl/N-ethyl adjacent to an activating group) is 1. The summed E-state index contributed by atoms with van der Waals surface area (Å²) >= 11 is 0. The molecule has 1 heterocycles. The highest BCUT2D eigenvalue weighted by Crippen LogP contribution is 2.18. The van der Waals surface area contributed by atoms with Crippen molar-refractivity contribution >= 4 is 12.0 Å². The van der Waals surface area contributed by atoms with Gasteiger partial charge in [0.1, 0.15) is 5.54 Å². The molecule has 1 unspecified atom stereocenters. The maximum Gasteiger partial charge on any atom is 0.329 e. The van der Waals surface area contributed by atoms with Crippen LogP contribution >= 0.6 is 0 Å². The van der Waals surface area contributed by atoms with E-state index in [0.717, 1.165) is 6.42 Å². The second kappa shape index (κ2) is 6.23. The summed E-state index contributed by atoms with van der Waals surface area (Å²) in [6, 6.07) is -0.229. The Kier molecular flexibility index (Phi) is 5.17. The lowest BCUT2D eigenvalue weighted by Gasteiger charge is -2.38. The summed E-state index contributed by atoms with van der Waals surface area (Å²) in [4.78, 5) is 26.9. The Labute approximate surface area is 114 Å². The summed E-state index contributed by atoms with van der Waals surface area (Å²) < 4.78 is 5.50. The number of amides is 2. The maximum absolute atomic E-state index is 12.5. The topological polar surface area (TPSA) is 70.1 Å². The van der Waals surface area contributed by atoms with Gasteiger partial charge in [-0.3, -0.25) is 0 Å². The number of carbonyl (C=O) groups excluding carboxylic acids is 1. The van der Waals surface area contributed by atoms with Crippen LogP contribution in [0.4, 0.5) is 4.79 Å². The quantitative estimate of drug-likeness (QED) is 0.843. The molecule has 2 amide bonds. The SMILES string of the molecule is CCN(C(=O)N1CCCOC(C)C1)C(C)(C)C(=O)O. The van der Waals surface area contributed by atoms with Gasteiger partial charge >= 0.3 is 12.0 Å². The third kappa shape index (κ3) is 3.59. The van der Waals surface area contributed by atoms with Crippen LogP contribution in [0.3, 0.4) is 0 Å². The van der Waals surface area contributed by atoms with Gasteiger partial charge in [-0.15, -0.1) is 0 Å². The van der Waals surface area contributed by atoms with Crippen molar-refractivity contribution in [3.8, 4) is 0 Å². The average molecular weight is 272 g/mol. The Morgan fingerprint density at radius 2 is 2.11 bits per heavy atom. The molecule has 0 saturated carbocycles. The number of aliphatic carboxylic acids is 1. The van der Waals surface area contributed by atoms with Crippen LogP contribution in [-0.2, 0) is 9.53 Å². The summed E-state index contributed by atoms with van der Waals surface area (Å²) in [5, 5.41) is 9.26. The summed E-state index contributed by atoms with van der Waals surface area (Å²) in [6.45, 7) is 8.93. The first-order valence-corrected chi connectivity index (χ1v) is 6.72. The van der Waals surface area contributed by atoms with E-state index in [9.17, 15) is 14.7 Å². The van der Waals surface area contributed by atoms with Crippen molar-refractivity contribution in [2.45, 2.75) is 45.8 Å². The van der Waals surface area contributed by atoms with Gasteiger partial charge in [0.2, 0.25) is 0 Å². The molecule has 0 aromatic rings. The number of hydrogen-bond donors (Lipinski definition) is 1. The first-order valence-electron chi connectivity index (χ1n) is 6.72. The van der Waals surface area contributed by atoms with Crippen LogP contribution in [0.15, 0.2) is 0 Å². The van der Waals surface area contributed by atoms with Gasteiger partial charge in [0.05, 0.1) is 6.10 Å². The molecule has 6 heteroatoms. The monoisotopic (exact) mass is 272 g/mol. The zero-order valence-electron chi connectivity index (χ0n) is 12.2. The van der Waals surface area contributed by atoms with E-state index in [1.807, 2.05) is 6.92 Å². The Morgan fingerprint density at radius 1 is 1.47 bits per heavy atom. The first kappa shape index (κ1) is 15.8.